The lowest BCUT2D eigenvalue weighted by Gasteiger charge is -2.34. The molecule has 1 fully saturated rings. The van der Waals surface area contributed by atoms with Gasteiger partial charge in [-0.2, -0.15) is 0 Å². The number of piperidine rings is 1. The van der Waals surface area contributed by atoms with Crippen LogP contribution >= 0.6 is 0 Å². The van der Waals surface area contributed by atoms with E-state index in [0.29, 0.717) is 36.1 Å². The van der Waals surface area contributed by atoms with E-state index in [4.69, 9.17) is 4.98 Å². The van der Waals surface area contributed by atoms with Gasteiger partial charge in [-0.3, -0.25) is 18.8 Å². The Morgan fingerprint density at radius 1 is 1.00 bits per heavy atom. The van der Waals surface area contributed by atoms with Gasteiger partial charge < -0.3 is 4.57 Å². The third kappa shape index (κ3) is 3.71. The normalized spacial score (nSPS) is 20.2. The van der Waals surface area contributed by atoms with Gasteiger partial charge in [-0.25, -0.2) is 14.2 Å². The van der Waals surface area contributed by atoms with Gasteiger partial charge in [-0.15, -0.1) is 0 Å². The first-order valence-corrected chi connectivity index (χ1v) is 10.4. The van der Waals surface area contributed by atoms with Crippen molar-refractivity contribution in [3.63, 3.8) is 0 Å². The molecule has 3 aromatic rings. The Bertz CT molecular complexity index is 1180. The van der Waals surface area contributed by atoms with Crippen LogP contribution in [0.1, 0.15) is 31.7 Å². The predicted molar refractivity (Wildman–Crippen MR) is 114 cm³/mol. The van der Waals surface area contributed by atoms with Crippen molar-refractivity contribution in [2.45, 2.75) is 33.4 Å². The van der Waals surface area contributed by atoms with E-state index in [1.54, 1.807) is 19.2 Å². The monoisotopic (exact) mass is 413 g/mol. The van der Waals surface area contributed by atoms with Crippen molar-refractivity contribution in [1.29, 1.82) is 0 Å². The highest BCUT2D eigenvalue weighted by molar-refractivity contribution is 5.71. The van der Waals surface area contributed by atoms with Gasteiger partial charge in [0.1, 0.15) is 11.6 Å². The molecule has 1 saturated heterocycles. The van der Waals surface area contributed by atoms with Crippen LogP contribution in [0.25, 0.3) is 11.2 Å². The lowest BCUT2D eigenvalue weighted by atomic mass is 9.92. The standard InChI is InChI=1S/C22H28FN5O2/c1-14-9-15(2)11-27(10-14)13-18-24-20-19(21(29)26(4)22(30)25(20)3)28(18)12-16-5-7-17(23)8-6-16/h5-8,14-15H,9-13H2,1-4H3/t14-,15-/m0/s1. The molecule has 160 valence electrons. The maximum absolute atomic E-state index is 13.4. The molecular weight excluding hydrogens is 385 g/mol. The second-order valence-corrected chi connectivity index (χ2v) is 8.76. The summed E-state index contributed by atoms with van der Waals surface area (Å²) in [5.74, 6) is 1.64. The van der Waals surface area contributed by atoms with E-state index in [-0.39, 0.29) is 11.4 Å². The van der Waals surface area contributed by atoms with Crippen LogP contribution in [-0.2, 0) is 27.2 Å². The summed E-state index contributed by atoms with van der Waals surface area (Å²) in [5, 5.41) is 0. The highest BCUT2D eigenvalue weighted by Gasteiger charge is 2.25. The molecule has 1 aliphatic rings. The zero-order valence-electron chi connectivity index (χ0n) is 17.9. The van der Waals surface area contributed by atoms with Crippen molar-refractivity contribution in [3.8, 4) is 0 Å². The van der Waals surface area contributed by atoms with Gasteiger partial charge in [0, 0.05) is 33.7 Å². The number of aryl methyl sites for hydroxylation is 1. The van der Waals surface area contributed by atoms with Crippen LogP contribution in [0.4, 0.5) is 4.39 Å². The molecule has 0 unspecified atom stereocenters. The minimum absolute atomic E-state index is 0.302. The number of rotatable bonds is 4. The van der Waals surface area contributed by atoms with Crippen molar-refractivity contribution in [2.75, 3.05) is 13.1 Å². The van der Waals surface area contributed by atoms with E-state index in [2.05, 4.69) is 18.7 Å². The van der Waals surface area contributed by atoms with E-state index >= 15 is 0 Å². The Kier molecular flexibility index (Phi) is 5.36. The fourth-order valence-corrected chi connectivity index (χ4v) is 4.68. The summed E-state index contributed by atoms with van der Waals surface area (Å²) in [4.78, 5) is 32.5. The van der Waals surface area contributed by atoms with Gasteiger partial charge in [0.2, 0.25) is 0 Å². The molecule has 0 saturated carbocycles. The first-order valence-electron chi connectivity index (χ1n) is 10.4. The van der Waals surface area contributed by atoms with Crippen LogP contribution < -0.4 is 11.2 Å². The fourth-order valence-electron chi connectivity index (χ4n) is 4.68. The van der Waals surface area contributed by atoms with E-state index < -0.39 is 5.69 Å². The lowest BCUT2D eigenvalue weighted by Crippen LogP contribution is -2.39. The number of aromatic nitrogens is 4. The quantitative estimate of drug-likeness (QED) is 0.657. The van der Waals surface area contributed by atoms with Crippen LogP contribution in [0.2, 0.25) is 0 Å². The highest BCUT2D eigenvalue weighted by Crippen LogP contribution is 2.23. The molecule has 0 spiro atoms. The van der Waals surface area contributed by atoms with Crippen LogP contribution in [0.3, 0.4) is 0 Å². The molecule has 8 heteroatoms. The number of benzene rings is 1. The van der Waals surface area contributed by atoms with Crippen LogP contribution in [0.15, 0.2) is 33.9 Å². The Balaban J connectivity index is 1.84. The first kappa shape index (κ1) is 20.5. The number of hydrogen-bond acceptors (Lipinski definition) is 4. The van der Waals surface area contributed by atoms with Crippen molar-refractivity contribution in [3.05, 3.63) is 62.3 Å². The molecule has 0 amide bonds. The maximum atomic E-state index is 13.4. The summed E-state index contributed by atoms with van der Waals surface area (Å²) in [5.41, 5.74) is 0.892. The lowest BCUT2D eigenvalue weighted by molar-refractivity contribution is 0.130. The Hall–Kier alpha value is -2.74. The highest BCUT2D eigenvalue weighted by atomic mass is 19.1. The van der Waals surface area contributed by atoms with Crippen molar-refractivity contribution in [1.82, 2.24) is 23.6 Å². The van der Waals surface area contributed by atoms with Gasteiger partial charge in [-0.05, 0) is 36.0 Å². The number of imidazole rings is 1. The van der Waals surface area contributed by atoms with Crippen LogP contribution in [0.5, 0.6) is 0 Å². The van der Waals surface area contributed by atoms with Crippen molar-refractivity contribution >= 4 is 11.2 Å². The molecule has 0 bridgehead atoms. The molecule has 1 aromatic carbocycles. The number of hydrogen-bond donors (Lipinski definition) is 0. The predicted octanol–water partition coefficient (Wildman–Crippen LogP) is 2.10. The van der Waals surface area contributed by atoms with Gasteiger partial charge in [0.05, 0.1) is 6.54 Å². The first-order chi connectivity index (χ1) is 14.2. The van der Waals surface area contributed by atoms with E-state index in [0.717, 1.165) is 29.0 Å². The Morgan fingerprint density at radius 2 is 1.63 bits per heavy atom. The largest absolute Gasteiger partial charge is 0.332 e. The summed E-state index contributed by atoms with van der Waals surface area (Å²) in [7, 11) is 3.11. The second-order valence-electron chi connectivity index (χ2n) is 8.76. The van der Waals surface area contributed by atoms with E-state index in [1.807, 2.05) is 4.57 Å². The average molecular weight is 413 g/mol. The number of halogens is 1. The fraction of sp³-hybridized carbons (Fsp3) is 0.500. The number of nitrogens with zero attached hydrogens (tertiary/aromatic N) is 5. The van der Waals surface area contributed by atoms with Crippen LogP contribution in [0, 0.1) is 17.7 Å². The molecule has 3 heterocycles. The molecule has 0 aliphatic carbocycles. The zero-order valence-corrected chi connectivity index (χ0v) is 17.9. The maximum Gasteiger partial charge on any atom is 0.332 e. The number of likely N-dealkylation sites (tertiary alicyclic amines) is 1. The summed E-state index contributed by atoms with van der Waals surface area (Å²) < 4.78 is 17.8. The average Bonchev–Trinajstić information content (AvgIpc) is 3.03. The number of fused-ring (bicyclic) bond motifs is 1. The van der Waals surface area contributed by atoms with Gasteiger partial charge in [0.25, 0.3) is 5.56 Å². The molecular formula is C22H28FN5O2. The molecule has 4 rings (SSSR count). The minimum atomic E-state index is -0.398. The third-order valence-electron chi connectivity index (χ3n) is 5.99. The molecule has 0 N–H and O–H groups in total. The molecule has 2 aromatic heterocycles. The molecule has 0 radical (unpaired) electrons. The summed E-state index contributed by atoms with van der Waals surface area (Å²) >= 11 is 0. The third-order valence-corrected chi connectivity index (χ3v) is 5.99. The Labute approximate surface area is 174 Å². The van der Waals surface area contributed by atoms with Crippen molar-refractivity contribution in [2.24, 2.45) is 25.9 Å². The van der Waals surface area contributed by atoms with Crippen LogP contribution in [-0.4, -0.2) is 36.7 Å². The zero-order chi connectivity index (χ0) is 21.6. The van der Waals surface area contributed by atoms with E-state index in [9.17, 15) is 14.0 Å². The Morgan fingerprint density at radius 3 is 2.27 bits per heavy atom. The van der Waals surface area contributed by atoms with Gasteiger partial charge in [0.15, 0.2) is 11.2 Å². The molecule has 2 atom stereocenters. The SMILES string of the molecule is C[C@H]1C[C@H](C)CN(Cc2nc3c(c(=O)n(C)c(=O)n3C)n2Cc2ccc(F)cc2)C1. The van der Waals surface area contributed by atoms with Gasteiger partial charge >= 0.3 is 5.69 Å². The summed E-state index contributed by atoms with van der Waals surface area (Å²) in [6, 6.07) is 6.25. The van der Waals surface area contributed by atoms with Crippen molar-refractivity contribution < 1.29 is 4.39 Å². The molecule has 30 heavy (non-hydrogen) atoms. The summed E-state index contributed by atoms with van der Waals surface area (Å²) in [6.07, 6.45) is 1.21. The van der Waals surface area contributed by atoms with E-state index in [1.165, 1.54) is 30.2 Å². The second kappa shape index (κ2) is 7.83. The minimum Gasteiger partial charge on any atom is -0.317 e. The topological polar surface area (TPSA) is 65.1 Å². The smallest absolute Gasteiger partial charge is 0.317 e. The molecule has 7 nitrogen and oxygen atoms in total. The summed E-state index contributed by atoms with van der Waals surface area (Å²) in [6.45, 7) is 7.44. The molecule has 1 aliphatic heterocycles. The van der Waals surface area contributed by atoms with Gasteiger partial charge in [-0.1, -0.05) is 26.0 Å².